The maximum Gasteiger partial charge on any atom is 0.257 e. The smallest absolute Gasteiger partial charge is 0.257 e. The second-order valence-corrected chi connectivity index (χ2v) is 9.82. The second-order valence-electron chi connectivity index (χ2n) is 7.30. The zero-order chi connectivity index (χ0) is 25.5. The molecule has 0 saturated heterocycles. The van der Waals surface area contributed by atoms with Crippen molar-refractivity contribution in [1.29, 1.82) is 0 Å². The van der Waals surface area contributed by atoms with Crippen LogP contribution in [0.3, 0.4) is 0 Å². The fraction of sp³-hybridized carbons (Fsp3) is 0.200. The summed E-state index contributed by atoms with van der Waals surface area (Å²) in [6.07, 6.45) is 0.569. The lowest BCUT2D eigenvalue weighted by Gasteiger charge is -2.18. The normalized spacial score (nSPS) is 11.5. The highest BCUT2D eigenvalue weighted by Crippen LogP contribution is 2.37. The molecule has 3 aromatic rings. The van der Waals surface area contributed by atoms with Gasteiger partial charge < -0.3 is 20.1 Å². The zero-order valence-electron chi connectivity index (χ0n) is 19.2. The molecule has 35 heavy (non-hydrogen) atoms. The minimum absolute atomic E-state index is 0.209. The molecule has 3 rings (SSSR count). The van der Waals surface area contributed by atoms with Crippen LogP contribution in [-0.4, -0.2) is 31.3 Å². The van der Waals surface area contributed by atoms with Crippen molar-refractivity contribution in [2.24, 2.45) is 0 Å². The fourth-order valence-corrected chi connectivity index (χ4v) is 4.93. The highest BCUT2D eigenvalue weighted by molar-refractivity contribution is 8.00. The minimum Gasteiger partial charge on any atom is -0.495 e. The van der Waals surface area contributed by atoms with Gasteiger partial charge in [0.2, 0.25) is 5.91 Å². The molecule has 0 bridgehead atoms. The van der Waals surface area contributed by atoms with E-state index in [9.17, 15) is 9.59 Å². The molecule has 0 spiro atoms. The molecule has 2 N–H and O–H groups in total. The molecule has 6 nitrogen and oxygen atoms in total. The summed E-state index contributed by atoms with van der Waals surface area (Å²) in [5, 5.41) is 6.37. The van der Waals surface area contributed by atoms with Gasteiger partial charge in [0, 0.05) is 21.7 Å². The summed E-state index contributed by atoms with van der Waals surface area (Å²) in [4.78, 5) is 26.5. The van der Waals surface area contributed by atoms with Gasteiger partial charge in [-0.2, -0.15) is 0 Å². The van der Waals surface area contributed by atoms with E-state index in [2.05, 4.69) is 10.6 Å². The molecule has 2 amide bonds. The molecule has 184 valence electrons. The van der Waals surface area contributed by atoms with Gasteiger partial charge in [0.05, 0.1) is 40.8 Å². The SMILES string of the molecule is CCC(Sc1cccc(NC(=O)c2ccc(Cl)cc2Cl)c1)C(=O)Nc1cc(Cl)c(OC)cc1OC. The van der Waals surface area contributed by atoms with Gasteiger partial charge in [-0.15, -0.1) is 11.8 Å². The highest BCUT2D eigenvalue weighted by atomic mass is 35.5. The maximum absolute atomic E-state index is 13.0. The van der Waals surface area contributed by atoms with E-state index in [0.717, 1.165) is 4.90 Å². The van der Waals surface area contributed by atoms with E-state index in [0.29, 0.717) is 44.9 Å². The van der Waals surface area contributed by atoms with Crippen LogP contribution in [0.1, 0.15) is 23.7 Å². The first kappa shape index (κ1) is 27.0. The molecule has 10 heteroatoms. The minimum atomic E-state index is -0.405. The number of carbonyl (C=O) groups excluding carboxylic acids is 2. The Hall–Kier alpha value is -2.58. The number of nitrogens with one attached hydrogen (secondary N) is 2. The predicted octanol–water partition coefficient (Wildman–Crippen LogP) is 7.43. The van der Waals surface area contributed by atoms with Crippen molar-refractivity contribution in [3.05, 3.63) is 75.2 Å². The number of thioether (sulfide) groups is 1. The first-order valence-electron chi connectivity index (χ1n) is 10.5. The number of halogens is 3. The van der Waals surface area contributed by atoms with E-state index in [-0.39, 0.29) is 16.8 Å². The van der Waals surface area contributed by atoms with Crippen LogP contribution in [-0.2, 0) is 4.79 Å². The molecule has 0 aliphatic rings. The summed E-state index contributed by atoms with van der Waals surface area (Å²) >= 11 is 19.6. The third-order valence-electron chi connectivity index (χ3n) is 4.94. The van der Waals surface area contributed by atoms with Crippen LogP contribution < -0.4 is 20.1 Å². The third kappa shape index (κ3) is 6.98. The first-order chi connectivity index (χ1) is 16.7. The standard InChI is InChI=1S/C25H23Cl3N2O4S/c1-4-23(25(32)30-20-12-19(28)21(33-2)13-22(20)34-3)35-16-7-5-6-15(11-16)29-24(31)17-9-8-14(26)10-18(17)27/h5-13,23H,4H2,1-3H3,(H,29,31)(H,30,32). The molecular weight excluding hydrogens is 531 g/mol. The van der Waals surface area contributed by atoms with Crippen molar-refractivity contribution in [2.45, 2.75) is 23.5 Å². The lowest BCUT2D eigenvalue weighted by Crippen LogP contribution is -2.24. The summed E-state index contributed by atoms with van der Waals surface area (Å²) < 4.78 is 10.6. The first-order valence-corrected chi connectivity index (χ1v) is 12.5. The second kappa shape index (κ2) is 12.4. The Labute approximate surface area is 223 Å². The molecule has 0 aliphatic carbocycles. The van der Waals surface area contributed by atoms with Gasteiger partial charge >= 0.3 is 0 Å². The van der Waals surface area contributed by atoms with E-state index in [4.69, 9.17) is 44.3 Å². The summed E-state index contributed by atoms with van der Waals surface area (Å²) in [6, 6.07) is 15.1. The Bertz CT molecular complexity index is 1240. The molecule has 1 unspecified atom stereocenters. The van der Waals surface area contributed by atoms with E-state index < -0.39 is 5.25 Å². The molecule has 0 aliphatic heterocycles. The van der Waals surface area contributed by atoms with Crippen molar-refractivity contribution in [1.82, 2.24) is 0 Å². The number of anilines is 2. The Morgan fingerprint density at radius 3 is 2.31 bits per heavy atom. The van der Waals surface area contributed by atoms with Crippen LogP contribution in [0.4, 0.5) is 11.4 Å². The van der Waals surface area contributed by atoms with Gasteiger partial charge in [-0.3, -0.25) is 9.59 Å². The van der Waals surface area contributed by atoms with Crippen LogP contribution >= 0.6 is 46.6 Å². The molecule has 3 aromatic carbocycles. The van der Waals surface area contributed by atoms with Crippen LogP contribution in [0.25, 0.3) is 0 Å². The number of carbonyl (C=O) groups is 2. The molecule has 0 radical (unpaired) electrons. The molecule has 0 heterocycles. The topological polar surface area (TPSA) is 76.7 Å². The van der Waals surface area contributed by atoms with Crippen molar-refractivity contribution in [3.63, 3.8) is 0 Å². The Morgan fingerprint density at radius 2 is 1.66 bits per heavy atom. The lowest BCUT2D eigenvalue weighted by molar-refractivity contribution is -0.115. The maximum atomic E-state index is 13.0. The monoisotopic (exact) mass is 552 g/mol. The Kier molecular flexibility index (Phi) is 9.57. The van der Waals surface area contributed by atoms with Crippen LogP contribution in [0, 0.1) is 0 Å². The molecular formula is C25H23Cl3N2O4S. The van der Waals surface area contributed by atoms with Crippen molar-refractivity contribution >= 4 is 69.8 Å². The summed E-state index contributed by atoms with van der Waals surface area (Å²) in [5.41, 5.74) is 1.33. The lowest BCUT2D eigenvalue weighted by atomic mass is 10.2. The van der Waals surface area contributed by atoms with E-state index >= 15 is 0 Å². The molecule has 0 saturated carbocycles. The Balaban J connectivity index is 1.72. The number of rotatable bonds is 9. The Morgan fingerprint density at radius 1 is 0.914 bits per heavy atom. The molecule has 0 aromatic heterocycles. The van der Waals surface area contributed by atoms with Gasteiger partial charge in [-0.25, -0.2) is 0 Å². The van der Waals surface area contributed by atoms with Crippen LogP contribution in [0.15, 0.2) is 59.5 Å². The van der Waals surface area contributed by atoms with Crippen molar-refractivity contribution in [2.75, 3.05) is 24.9 Å². The summed E-state index contributed by atoms with van der Waals surface area (Å²) in [7, 11) is 3.00. The van der Waals surface area contributed by atoms with Crippen LogP contribution in [0.5, 0.6) is 11.5 Å². The van der Waals surface area contributed by atoms with Gasteiger partial charge in [0.15, 0.2) is 0 Å². The van der Waals surface area contributed by atoms with Crippen LogP contribution in [0.2, 0.25) is 15.1 Å². The number of ether oxygens (including phenoxy) is 2. The van der Waals surface area contributed by atoms with Gasteiger partial charge in [0.1, 0.15) is 11.5 Å². The third-order valence-corrected chi connectivity index (χ3v) is 7.14. The average molecular weight is 554 g/mol. The van der Waals surface area contributed by atoms with E-state index in [1.54, 1.807) is 42.5 Å². The number of hydrogen-bond donors (Lipinski definition) is 2. The summed E-state index contributed by atoms with van der Waals surface area (Å²) in [6.45, 7) is 1.92. The number of benzene rings is 3. The molecule has 0 fully saturated rings. The van der Waals surface area contributed by atoms with Gasteiger partial charge in [0.25, 0.3) is 5.91 Å². The highest BCUT2D eigenvalue weighted by Gasteiger charge is 2.21. The predicted molar refractivity (Wildman–Crippen MR) is 144 cm³/mol. The number of amides is 2. The molecule has 1 atom stereocenters. The van der Waals surface area contributed by atoms with E-state index in [1.807, 2.05) is 13.0 Å². The van der Waals surface area contributed by atoms with Crippen molar-refractivity contribution in [3.8, 4) is 11.5 Å². The van der Waals surface area contributed by atoms with E-state index in [1.165, 1.54) is 32.0 Å². The zero-order valence-corrected chi connectivity index (χ0v) is 22.2. The fourth-order valence-electron chi connectivity index (χ4n) is 3.18. The number of methoxy groups -OCH3 is 2. The quantitative estimate of drug-likeness (QED) is 0.270. The largest absolute Gasteiger partial charge is 0.495 e. The summed E-state index contributed by atoms with van der Waals surface area (Å²) in [5.74, 6) is 0.313. The van der Waals surface area contributed by atoms with Crippen molar-refractivity contribution < 1.29 is 19.1 Å². The van der Waals surface area contributed by atoms with Gasteiger partial charge in [-0.05, 0) is 48.9 Å². The number of hydrogen-bond acceptors (Lipinski definition) is 5. The van der Waals surface area contributed by atoms with Gasteiger partial charge in [-0.1, -0.05) is 47.8 Å². The average Bonchev–Trinajstić information content (AvgIpc) is 2.82.